The highest BCUT2D eigenvalue weighted by Gasteiger charge is 2.55. The number of aryl methyl sites for hydroxylation is 2. The molecule has 1 aliphatic heterocycles. The van der Waals surface area contributed by atoms with Crippen LogP contribution in [0, 0.1) is 31.6 Å². The van der Waals surface area contributed by atoms with Gasteiger partial charge >= 0.3 is 0 Å². The van der Waals surface area contributed by atoms with Crippen molar-refractivity contribution in [3.05, 3.63) is 34.9 Å². The second-order valence-electron chi connectivity index (χ2n) is 5.30. The summed E-state index contributed by atoms with van der Waals surface area (Å²) in [5, 5.41) is 16.2. The van der Waals surface area contributed by atoms with Crippen molar-refractivity contribution < 1.29 is 5.21 Å². The molecule has 90 valence electrons. The molecule has 2 unspecified atom stereocenters. The van der Waals surface area contributed by atoms with E-state index in [0.29, 0.717) is 17.8 Å². The van der Waals surface area contributed by atoms with Gasteiger partial charge in [0.15, 0.2) is 0 Å². The highest BCUT2D eigenvalue weighted by molar-refractivity contribution is 6.04. The van der Waals surface area contributed by atoms with E-state index in [2.05, 4.69) is 42.5 Å². The van der Waals surface area contributed by atoms with E-state index in [1.54, 1.807) is 0 Å². The van der Waals surface area contributed by atoms with Gasteiger partial charge in [-0.2, -0.15) is 0 Å². The first kappa shape index (κ1) is 10.8. The minimum absolute atomic E-state index is 0.461. The van der Waals surface area contributed by atoms with Gasteiger partial charge in [0.05, 0.1) is 5.71 Å². The molecule has 0 radical (unpaired) electrons. The van der Waals surface area contributed by atoms with Crippen molar-refractivity contribution in [2.75, 3.05) is 13.1 Å². The number of nitrogens with zero attached hydrogens (tertiary/aromatic N) is 1. The van der Waals surface area contributed by atoms with Gasteiger partial charge in [-0.15, -0.1) is 0 Å². The van der Waals surface area contributed by atoms with Gasteiger partial charge in [-0.25, -0.2) is 0 Å². The Balaban J connectivity index is 1.89. The van der Waals surface area contributed by atoms with Crippen LogP contribution in [0.15, 0.2) is 23.4 Å². The molecule has 0 spiro atoms. The average Bonchev–Trinajstić information content (AvgIpc) is 2.79. The second kappa shape index (κ2) is 3.84. The van der Waals surface area contributed by atoms with Gasteiger partial charge in [-0.05, 0) is 61.5 Å². The molecule has 2 atom stereocenters. The molecule has 3 rings (SSSR count). The first-order valence-corrected chi connectivity index (χ1v) is 6.22. The Labute approximate surface area is 102 Å². The highest BCUT2D eigenvalue weighted by Crippen LogP contribution is 2.50. The number of hydrogen-bond donors (Lipinski definition) is 2. The molecule has 0 aromatic heterocycles. The number of nitrogens with one attached hydrogen (secondary N) is 1. The van der Waals surface area contributed by atoms with Crippen LogP contribution in [0.25, 0.3) is 0 Å². The molecule has 2 fully saturated rings. The molecule has 3 heteroatoms. The van der Waals surface area contributed by atoms with Crippen molar-refractivity contribution in [2.24, 2.45) is 22.9 Å². The van der Waals surface area contributed by atoms with Gasteiger partial charge < -0.3 is 10.5 Å². The smallest absolute Gasteiger partial charge is 0.0905 e. The van der Waals surface area contributed by atoms with E-state index in [4.69, 9.17) is 0 Å². The standard InChI is InChI=1S/C14H18N2O/c1-8-3-4-10(5-9(8)2)14(16-17)13-11-6-15-7-12(11)13/h3-5,11-13,15,17H,6-7H2,1-2H3. The highest BCUT2D eigenvalue weighted by atomic mass is 16.4. The van der Waals surface area contributed by atoms with Gasteiger partial charge in [0, 0.05) is 5.92 Å². The lowest BCUT2D eigenvalue weighted by Gasteiger charge is -2.09. The molecule has 17 heavy (non-hydrogen) atoms. The van der Waals surface area contributed by atoms with E-state index in [1.807, 2.05) is 0 Å². The number of fused-ring (bicyclic) bond motifs is 1. The summed E-state index contributed by atoms with van der Waals surface area (Å²) in [5.74, 6) is 1.83. The van der Waals surface area contributed by atoms with Gasteiger partial charge in [0.25, 0.3) is 0 Å². The summed E-state index contributed by atoms with van der Waals surface area (Å²) in [5.41, 5.74) is 4.50. The van der Waals surface area contributed by atoms with Crippen LogP contribution in [-0.4, -0.2) is 24.0 Å². The maximum absolute atomic E-state index is 9.27. The second-order valence-corrected chi connectivity index (χ2v) is 5.30. The van der Waals surface area contributed by atoms with Crippen LogP contribution in [0.4, 0.5) is 0 Å². The van der Waals surface area contributed by atoms with Crippen molar-refractivity contribution in [1.29, 1.82) is 0 Å². The largest absolute Gasteiger partial charge is 0.411 e. The maximum Gasteiger partial charge on any atom is 0.0905 e. The predicted octanol–water partition coefficient (Wildman–Crippen LogP) is 1.95. The Hall–Kier alpha value is -1.35. The molecular formula is C14H18N2O. The fraction of sp³-hybridized carbons (Fsp3) is 0.500. The molecular weight excluding hydrogens is 212 g/mol. The third kappa shape index (κ3) is 1.65. The molecule has 0 bridgehead atoms. The molecule has 2 aliphatic rings. The first-order chi connectivity index (χ1) is 8.22. The molecule has 1 aromatic rings. The number of oxime groups is 1. The number of piperidine rings is 1. The molecule has 1 heterocycles. The minimum Gasteiger partial charge on any atom is -0.411 e. The fourth-order valence-corrected chi connectivity index (χ4v) is 3.04. The summed E-state index contributed by atoms with van der Waals surface area (Å²) in [6, 6.07) is 6.30. The quantitative estimate of drug-likeness (QED) is 0.463. The molecule has 1 saturated carbocycles. The van der Waals surface area contributed by atoms with Gasteiger partial charge in [0.1, 0.15) is 0 Å². The Kier molecular flexibility index (Phi) is 2.44. The van der Waals surface area contributed by atoms with Gasteiger partial charge in [-0.3, -0.25) is 0 Å². The summed E-state index contributed by atoms with van der Waals surface area (Å²) in [4.78, 5) is 0. The van der Waals surface area contributed by atoms with Crippen LogP contribution in [0.3, 0.4) is 0 Å². The third-order valence-corrected chi connectivity index (χ3v) is 4.32. The van der Waals surface area contributed by atoms with Crippen LogP contribution in [0.2, 0.25) is 0 Å². The van der Waals surface area contributed by atoms with Crippen molar-refractivity contribution in [3.63, 3.8) is 0 Å². The summed E-state index contributed by atoms with van der Waals surface area (Å²) < 4.78 is 0. The van der Waals surface area contributed by atoms with Crippen LogP contribution in [0.5, 0.6) is 0 Å². The number of benzene rings is 1. The normalized spacial score (nSPS) is 31.4. The van der Waals surface area contributed by atoms with Crippen LogP contribution < -0.4 is 5.32 Å². The van der Waals surface area contributed by atoms with Crippen LogP contribution in [0.1, 0.15) is 16.7 Å². The number of rotatable bonds is 2. The molecule has 3 nitrogen and oxygen atoms in total. The van der Waals surface area contributed by atoms with Crippen molar-refractivity contribution in [2.45, 2.75) is 13.8 Å². The van der Waals surface area contributed by atoms with Crippen LogP contribution in [-0.2, 0) is 0 Å². The SMILES string of the molecule is Cc1ccc(C(=NO)C2C3CNCC32)cc1C. The van der Waals surface area contributed by atoms with E-state index < -0.39 is 0 Å². The Morgan fingerprint density at radius 1 is 1.24 bits per heavy atom. The Bertz CT molecular complexity index is 471. The average molecular weight is 230 g/mol. The summed E-state index contributed by atoms with van der Waals surface area (Å²) in [6.45, 7) is 6.34. The minimum atomic E-state index is 0.461. The molecule has 1 aliphatic carbocycles. The number of hydrogen-bond acceptors (Lipinski definition) is 3. The zero-order valence-electron chi connectivity index (χ0n) is 10.3. The van der Waals surface area contributed by atoms with Crippen molar-refractivity contribution in [1.82, 2.24) is 5.32 Å². The summed E-state index contributed by atoms with van der Waals surface area (Å²) >= 11 is 0. The monoisotopic (exact) mass is 230 g/mol. The zero-order valence-corrected chi connectivity index (χ0v) is 10.3. The molecule has 1 aromatic carbocycles. The van der Waals surface area contributed by atoms with E-state index in [9.17, 15) is 5.21 Å². The Morgan fingerprint density at radius 2 is 1.94 bits per heavy atom. The fourth-order valence-electron chi connectivity index (χ4n) is 3.04. The molecule has 1 saturated heterocycles. The maximum atomic E-state index is 9.27. The summed E-state index contributed by atoms with van der Waals surface area (Å²) in [6.07, 6.45) is 0. The van der Waals surface area contributed by atoms with Gasteiger partial charge in [0.2, 0.25) is 0 Å². The van der Waals surface area contributed by atoms with Gasteiger partial charge in [-0.1, -0.05) is 17.3 Å². The third-order valence-electron chi connectivity index (χ3n) is 4.32. The van der Waals surface area contributed by atoms with E-state index in [-0.39, 0.29) is 0 Å². The lowest BCUT2D eigenvalue weighted by Crippen LogP contribution is -2.19. The molecule has 0 amide bonds. The molecule has 2 N–H and O–H groups in total. The van der Waals surface area contributed by atoms with Crippen molar-refractivity contribution in [3.8, 4) is 0 Å². The lowest BCUT2D eigenvalue weighted by atomic mass is 9.99. The summed E-state index contributed by atoms with van der Waals surface area (Å²) in [7, 11) is 0. The first-order valence-electron chi connectivity index (χ1n) is 6.22. The van der Waals surface area contributed by atoms with E-state index >= 15 is 0 Å². The van der Waals surface area contributed by atoms with Crippen molar-refractivity contribution >= 4 is 5.71 Å². The zero-order chi connectivity index (χ0) is 12.0. The van der Waals surface area contributed by atoms with E-state index in [0.717, 1.165) is 24.4 Å². The Morgan fingerprint density at radius 3 is 2.53 bits per heavy atom. The van der Waals surface area contributed by atoms with Crippen LogP contribution >= 0.6 is 0 Å². The lowest BCUT2D eigenvalue weighted by molar-refractivity contribution is 0.316. The topological polar surface area (TPSA) is 44.6 Å². The van der Waals surface area contributed by atoms with E-state index in [1.165, 1.54) is 11.1 Å². The predicted molar refractivity (Wildman–Crippen MR) is 67.6 cm³/mol.